The van der Waals surface area contributed by atoms with E-state index < -0.39 is 0 Å². The summed E-state index contributed by atoms with van der Waals surface area (Å²) in [6.07, 6.45) is 0. The average molecular weight is 409 g/mol. The highest BCUT2D eigenvalue weighted by atomic mass is 35.5. The summed E-state index contributed by atoms with van der Waals surface area (Å²) in [5, 5.41) is 5.30. The minimum absolute atomic E-state index is 0.0228. The highest BCUT2D eigenvalue weighted by Crippen LogP contribution is 2.26. The van der Waals surface area contributed by atoms with E-state index in [1.54, 1.807) is 4.68 Å². The Labute approximate surface area is 176 Å². The monoisotopic (exact) mass is 408 g/mol. The van der Waals surface area contributed by atoms with Crippen LogP contribution in [0.1, 0.15) is 27.3 Å². The molecule has 0 spiro atoms. The Balaban J connectivity index is 1.53. The number of carbonyl (C=O) groups excluding carboxylic acids is 1. The molecule has 5 nitrogen and oxygen atoms in total. The third-order valence-corrected chi connectivity index (χ3v) is 5.61. The standard InChI is InChI=1S/C23H25ClN4O/c1-16-5-4-6-20(13-16)28-22(14-18(3)25-28)23(29)27-11-9-26(10-12-27)21-15-19(24)8-7-17(21)2/h4-8,13-15H,9-12H2,1-3H3. The van der Waals surface area contributed by atoms with Crippen molar-refractivity contribution in [2.45, 2.75) is 20.8 Å². The lowest BCUT2D eigenvalue weighted by molar-refractivity contribution is 0.0737. The van der Waals surface area contributed by atoms with Crippen molar-refractivity contribution in [2.75, 3.05) is 31.1 Å². The van der Waals surface area contributed by atoms with E-state index in [4.69, 9.17) is 11.6 Å². The second-order valence-electron chi connectivity index (χ2n) is 7.63. The summed E-state index contributed by atoms with van der Waals surface area (Å²) < 4.78 is 1.76. The number of hydrogen-bond acceptors (Lipinski definition) is 3. The van der Waals surface area contributed by atoms with Crippen molar-refractivity contribution < 1.29 is 4.79 Å². The molecule has 29 heavy (non-hydrogen) atoms. The smallest absolute Gasteiger partial charge is 0.272 e. The normalized spacial score (nSPS) is 14.3. The zero-order chi connectivity index (χ0) is 20.5. The van der Waals surface area contributed by atoms with Crippen molar-refractivity contribution in [1.29, 1.82) is 0 Å². The van der Waals surface area contributed by atoms with Gasteiger partial charge in [-0.1, -0.05) is 29.8 Å². The van der Waals surface area contributed by atoms with Crippen LogP contribution in [0.15, 0.2) is 48.5 Å². The van der Waals surface area contributed by atoms with E-state index in [0.717, 1.165) is 40.7 Å². The quantitative estimate of drug-likeness (QED) is 0.644. The third-order valence-electron chi connectivity index (χ3n) is 5.38. The van der Waals surface area contributed by atoms with E-state index in [-0.39, 0.29) is 5.91 Å². The molecule has 3 aromatic rings. The highest BCUT2D eigenvalue weighted by Gasteiger charge is 2.26. The molecule has 0 radical (unpaired) electrons. The van der Waals surface area contributed by atoms with Gasteiger partial charge in [0.25, 0.3) is 5.91 Å². The number of nitrogens with zero attached hydrogens (tertiary/aromatic N) is 4. The first kappa shape index (κ1) is 19.5. The van der Waals surface area contributed by atoms with Gasteiger partial charge in [-0.25, -0.2) is 4.68 Å². The van der Waals surface area contributed by atoms with Gasteiger partial charge in [-0.15, -0.1) is 0 Å². The first-order chi connectivity index (χ1) is 13.9. The molecule has 0 aliphatic carbocycles. The summed E-state index contributed by atoms with van der Waals surface area (Å²) in [6.45, 7) is 8.95. The van der Waals surface area contributed by atoms with Crippen LogP contribution in [0.25, 0.3) is 5.69 Å². The minimum Gasteiger partial charge on any atom is -0.368 e. The Morgan fingerprint density at radius 3 is 2.45 bits per heavy atom. The van der Waals surface area contributed by atoms with Crippen LogP contribution in [-0.4, -0.2) is 46.8 Å². The molecule has 2 heterocycles. The summed E-state index contributed by atoms with van der Waals surface area (Å²) in [7, 11) is 0. The Bertz CT molecular complexity index is 1050. The maximum absolute atomic E-state index is 13.3. The van der Waals surface area contributed by atoms with Crippen molar-refractivity contribution in [2.24, 2.45) is 0 Å². The van der Waals surface area contributed by atoms with Crippen LogP contribution in [0.5, 0.6) is 0 Å². The van der Waals surface area contributed by atoms with Gasteiger partial charge in [-0.3, -0.25) is 4.79 Å². The Hall–Kier alpha value is -2.79. The fraction of sp³-hybridized carbons (Fsp3) is 0.304. The summed E-state index contributed by atoms with van der Waals surface area (Å²) in [6, 6.07) is 15.9. The number of amides is 1. The van der Waals surface area contributed by atoms with Gasteiger partial charge in [0.15, 0.2) is 0 Å². The molecule has 2 aromatic carbocycles. The molecular weight excluding hydrogens is 384 g/mol. The number of carbonyl (C=O) groups is 1. The van der Waals surface area contributed by atoms with Gasteiger partial charge in [0.2, 0.25) is 0 Å². The first-order valence-electron chi connectivity index (χ1n) is 9.86. The molecular formula is C23H25ClN4O. The summed E-state index contributed by atoms with van der Waals surface area (Å²) in [5.41, 5.74) is 5.84. The number of hydrogen-bond donors (Lipinski definition) is 0. The highest BCUT2D eigenvalue weighted by molar-refractivity contribution is 6.30. The van der Waals surface area contributed by atoms with E-state index >= 15 is 0 Å². The molecule has 0 N–H and O–H groups in total. The topological polar surface area (TPSA) is 41.4 Å². The summed E-state index contributed by atoms with van der Waals surface area (Å²) in [5.74, 6) is 0.0228. The van der Waals surface area contributed by atoms with Crippen molar-refractivity contribution in [1.82, 2.24) is 14.7 Å². The molecule has 0 saturated carbocycles. The number of piperazine rings is 1. The molecule has 4 rings (SSSR count). The predicted molar refractivity (Wildman–Crippen MR) is 117 cm³/mol. The summed E-state index contributed by atoms with van der Waals surface area (Å²) in [4.78, 5) is 17.5. The number of halogens is 1. The first-order valence-corrected chi connectivity index (χ1v) is 10.2. The fourth-order valence-corrected chi connectivity index (χ4v) is 4.01. The van der Waals surface area contributed by atoms with Crippen LogP contribution in [0.3, 0.4) is 0 Å². The Morgan fingerprint density at radius 2 is 1.72 bits per heavy atom. The molecule has 150 valence electrons. The molecule has 1 aliphatic rings. The largest absolute Gasteiger partial charge is 0.368 e. The van der Waals surface area contributed by atoms with Crippen LogP contribution < -0.4 is 4.90 Å². The molecule has 1 saturated heterocycles. The molecule has 1 fully saturated rings. The van der Waals surface area contributed by atoms with Crippen LogP contribution in [0.4, 0.5) is 5.69 Å². The van der Waals surface area contributed by atoms with Crippen LogP contribution in [-0.2, 0) is 0 Å². The second kappa shape index (κ2) is 7.91. The maximum Gasteiger partial charge on any atom is 0.272 e. The maximum atomic E-state index is 13.3. The van der Waals surface area contributed by atoms with Crippen molar-refractivity contribution >= 4 is 23.2 Å². The van der Waals surface area contributed by atoms with Gasteiger partial charge in [-0.05, 0) is 62.2 Å². The number of anilines is 1. The van der Waals surface area contributed by atoms with E-state index in [1.807, 2.05) is 67.3 Å². The van der Waals surface area contributed by atoms with Crippen molar-refractivity contribution in [3.8, 4) is 5.69 Å². The Morgan fingerprint density at radius 1 is 0.966 bits per heavy atom. The molecule has 1 amide bonds. The van der Waals surface area contributed by atoms with Crippen LogP contribution >= 0.6 is 11.6 Å². The van der Waals surface area contributed by atoms with Gasteiger partial charge in [0, 0.05) is 36.9 Å². The lowest BCUT2D eigenvalue weighted by Gasteiger charge is -2.36. The van der Waals surface area contributed by atoms with Gasteiger partial charge in [0.05, 0.1) is 11.4 Å². The number of rotatable bonds is 3. The number of benzene rings is 2. The van der Waals surface area contributed by atoms with Gasteiger partial charge in [0.1, 0.15) is 5.69 Å². The van der Waals surface area contributed by atoms with Gasteiger partial charge in [-0.2, -0.15) is 5.10 Å². The lowest BCUT2D eigenvalue weighted by Crippen LogP contribution is -2.49. The number of aromatic nitrogens is 2. The van der Waals surface area contributed by atoms with Crippen molar-refractivity contribution in [3.05, 3.63) is 76.1 Å². The molecule has 1 aliphatic heterocycles. The molecule has 1 aromatic heterocycles. The van der Waals surface area contributed by atoms with E-state index in [0.29, 0.717) is 18.8 Å². The minimum atomic E-state index is 0.0228. The van der Waals surface area contributed by atoms with Crippen LogP contribution in [0, 0.1) is 20.8 Å². The zero-order valence-electron chi connectivity index (χ0n) is 17.0. The SMILES string of the molecule is Cc1cccc(-n2nc(C)cc2C(=O)N2CCN(c3cc(Cl)ccc3C)CC2)c1. The summed E-state index contributed by atoms with van der Waals surface area (Å²) >= 11 is 6.18. The molecule has 6 heteroatoms. The van der Waals surface area contributed by atoms with Gasteiger partial charge < -0.3 is 9.80 Å². The zero-order valence-corrected chi connectivity index (χ0v) is 17.8. The molecule has 0 atom stereocenters. The predicted octanol–water partition coefficient (Wildman–Crippen LogP) is 4.41. The van der Waals surface area contributed by atoms with Gasteiger partial charge >= 0.3 is 0 Å². The van der Waals surface area contributed by atoms with E-state index in [2.05, 4.69) is 16.9 Å². The molecule has 0 unspecified atom stereocenters. The molecule has 0 bridgehead atoms. The Kier molecular flexibility index (Phi) is 5.33. The van der Waals surface area contributed by atoms with Crippen molar-refractivity contribution in [3.63, 3.8) is 0 Å². The van der Waals surface area contributed by atoms with E-state index in [9.17, 15) is 4.79 Å². The fourth-order valence-electron chi connectivity index (χ4n) is 3.84. The van der Waals surface area contributed by atoms with E-state index in [1.165, 1.54) is 5.56 Å². The van der Waals surface area contributed by atoms with Crippen LogP contribution in [0.2, 0.25) is 5.02 Å². The second-order valence-corrected chi connectivity index (χ2v) is 8.07. The number of aryl methyl sites for hydroxylation is 3. The lowest BCUT2D eigenvalue weighted by atomic mass is 10.1. The third kappa shape index (κ3) is 4.01. The average Bonchev–Trinajstić information content (AvgIpc) is 3.11.